The Balaban J connectivity index is 1.46. The standard InChI is InChI=1S/C18H14N4O2S3/c1-24-11-4-5-13-12(9-11)14(6-7-19-13)26-10-16-21-22-18(27-16)20-17(23)15-3-2-8-25-15/h2-9H,10H2,1H3,(H,20,22,23). The molecule has 0 atom stereocenters. The minimum absolute atomic E-state index is 0.160. The van der Waals surface area contributed by atoms with Crippen molar-refractivity contribution in [1.29, 1.82) is 0 Å². The molecule has 136 valence electrons. The molecule has 0 saturated heterocycles. The number of nitrogens with zero attached hydrogens (tertiary/aromatic N) is 3. The first kappa shape index (κ1) is 17.9. The number of carbonyl (C=O) groups excluding carboxylic acids is 1. The van der Waals surface area contributed by atoms with Gasteiger partial charge in [-0.05, 0) is 35.7 Å². The predicted molar refractivity (Wildman–Crippen MR) is 110 cm³/mol. The van der Waals surface area contributed by atoms with E-state index in [2.05, 4.69) is 20.5 Å². The van der Waals surface area contributed by atoms with Gasteiger partial charge in [-0.25, -0.2) is 0 Å². The van der Waals surface area contributed by atoms with Crippen molar-refractivity contribution in [2.45, 2.75) is 10.6 Å². The molecule has 0 aliphatic rings. The Hall–Kier alpha value is -2.49. The van der Waals surface area contributed by atoms with Crippen LogP contribution in [0.3, 0.4) is 0 Å². The number of thiophene rings is 1. The predicted octanol–water partition coefficient (Wildman–Crippen LogP) is 4.70. The van der Waals surface area contributed by atoms with Gasteiger partial charge in [-0.3, -0.25) is 15.1 Å². The number of hydrogen-bond acceptors (Lipinski definition) is 8. The summed E-state index contributed by atoms with van der Waals surface area (Å²) in [5.41, 5.74) is 0.918. The smallest absolute Gasteiger partial charge is 0.267 e. The average molecular weight is 415 g/mol. The molecule has 3 aromatic heterocycles. The third-order valence-electron chi connectivity index (χ3n) is 3.69. The highest BCUT2D eigenvalue weighted by Gasteiger charge is 2.12. The number of rotatable bonds is 6. The van der Waals surface area contributed by atoms with E-state index in [0.29, 0.717) is 15.8 Å². The Morgan fingerprint density at radius 2 is 2.19 bits per heavy atom. The van der Waals surface area contributed by atoms with Crippen LogP contribution >= 0.6 is 34.4 Å². The van der Waals surface area contributed by atoms with Crippen LogP contribution in [0.1, 0.15) is 14.7 Å². The van der Waals surface area contributed by atoms with Gasteiger partial charge in [-0.15, -0.1) is 33.3 Å². The summed E-state index contributed by atoms with van der Waals surface area (Å²) in [5, 5.41) is 15.3. The van der Waals surface area contributed by atoms with Gasteiger partial charge in [0.25, 0.3) is 5.91 Å². The van der Waals surface area contributed by atoms with Crippen LogP contribution in [0.5, 0.6) is 5.75 Å². The molecule has 1 N–H and O–H groups in total. The van der Waals surface area contributed by atoms with Gasteiger partial charge < -0.3 is 4.74 Å². The molecular formula is C18H14N4O2S3. The zero-order valence-corrected chi connectivity index (χ0v) is 16.7. The Kier molecular flexibility index (Phi) is 5.33. The van der Waals surface area contributed by atoms with Gasteiger partial charge in [-0.2, -0.15) is 0 Å². The van der Waals surface area contributed by atoms with Crippen molar-refractivity contribution in [1.82, 2.24) is 15.2 Å². The van der Waals surface area contributed by atoms with Crippen molar-refractivity contribution in [2.75, 3.05) is 12.4 Å². The molecule has 27 heavy (non-hydrogen) atoms. The highest BCUT2D eigenvalue weighted by molar-refractivity contribution is 7.98. The zero-order valence-electron chi connectivity index (χ0n) is 14.2. The Morgan fingerprint density at radius 3 is 3.00 bits per heavy atom. The van der Waals surface area contributed by atoms with E-state index >= 15 is 0 Å². The number of amides is 1. The summed E-state index contributed by atoms with van der Waals surface area (Å²) in [7, 11) is 1.65. The summed E-state index contributed by atoms with van der Waals surface area (Å²) in [6.07, 6.45) is 1.80. The number of ether oxygens (including phenoxy) is 1. The molecule has 0 spiro atoms. The normalized spacial score (nSPS) is 10.9. The molecule has 1 amide bonds. The average Bonchev–Trinajstić information content (AvgIpc) is 3.38. The summed E-state index contributed by atoms with van der Waals surface area (Å²) in [6, 6.07) is 11.4. The van der Waals surface area contributed by atoms with E-state index in [4.69, 9.17) is 4.74 Å². The topological polar surface area (TPSA) is 77.0 Å². The summed E-state index contributed by atoms with van der Waals surface area (Å²) in [6.45, 7) is 0. The van der Waals surface area contributed by atoms with Crippen molar-refractivity contribution in [3.63, 3.8) is 0 Å². The van der Waals surface area contributed by atoms with Crippen LogP contribution in [0.4, 0.5) is 5.13 Å². The van der Waals surface area contributed by atoms with E-state index < -0.39 is 0 Å². The lowest BCUT2D eigenvalue weighted by molar-refractivity contribution is 0.103. The Morgan fingerprint density at radius 1 is 1.26 bits per heavy atom. The van der Waals surface area contributed by atoms with Crippen molar-refractivity contribution in [3.05, 3.63) is 57.9 Å². The first-order valence-corrected chi connectivity index (χ1v) is 10.6. The number of aromatic nitrogens is 3. The SMILES string of the molecule is COc1ccc2nccc(SCc3nnc(NC(=O)c4cccs4)s3)c2c1. The molecule has 6 nitrogen and oxygen atoms in total. The number of pyridine rings is 1. The first-order chi connectivity index (χ1) is 13.2. The fourth-order valence-electron chi connectivity index (χ4n) is 2.42. The zero-order chi connectivity index (χ0) is 18.6. The van der Waals surface area contributed by atoms with Gasteiger partial charge in [0.05, 0.1) is 23.3 Å². The van der Waals surface area contributed by atoms with Crippen LogP contribution < -0.4 is 10.1 Å². The summed E-state index contributed by atoms with van der Waals surface area (Å²) < 4.78 is 5.31. The molecule has 9 heteroatoms. The van der Waals surface area contributed by atoms with E-state index in [9.17, 15) is 4.79 Å². The molecule has 4 rings (SSSR count). The number of fused-ring (bicyclic) bond motifs is 1. The van der Waals surface area contributed by atoms with Crippen LogP contribution in [-0.4, -0.2) is 28.2 Å². The minimum Gasteiger partial charge on any atom is -0.497 e. The lowest BCUT2D eigenvalue weighted by atomic mass is 10.2. The van der Waals surface area contributed by atoms with Gasteiger partial charge >= 0.3 is 0 Å². The van der Waals surface area contributed by atoms with E-state index in [1.165, 1.54) is 22.7 Å². The fraction of sp³-hybridized carbons (Fsp3) is 0.111. The van der Waals surface area contributed by atoms with Crippen LogP contribution in [0.25, 0.3) is 10.9 Å². The molecule has 1 aromatic carbocycles. The summed E-state index contributed by atoms with van der Waals surface area (Å²) >= 11 is 4.43. The van der Waals surface area contributed by atoms with Crippen LogP contribution in [-0.2, 0) is 5.75 Å². The van der Waals surface area contributed by atoms with Gasteiger partial charge in [0.15, 0.2) is 0 Å². The molecule has 3 heterocycles. The van der Waals surface area contributed by atoms with E-state index in [1.807, 2.05) is 35.7 Å². The van der Waals surface area contributed by atoms with E-state index in [1.54, 1.807) is 31.1 Å². The maximum absolute atomic E-state index is 12.1. The number of carbonyl (C=O) groups is 1. The Labute approximate surface area is 167 Å². The second-order valence-electron chi connectivity index (χ2n) is 5.41. The van der Waals surface area contributed by atoms with Gasteiger partial charge in [0.1, 0.15) is 10.8 Å². The number of anilines is 1. The number of methoxy groups -OCH3 is 1. The van der Waals surface area contributed by atoms with E-state index in [0.717, 1.165) is 26.6 Å². The highest BCUT2D eigenvalue weighted by Crippen LogP contribution is 2.32. The summed E-state index contributed by atoms with van der Waals surface area (Å²) in [4.78, 5) is 18.2. The number of hydrogen-bond donors (Lipinski definition) is 1. The third-order valence-corrected chi connectivity index (χ3v) is 6.67. The fourth-order valence-corrected chi connectivity index (χ4v) is 4.80. The second-order valence-corrected chi connectivity index (χ2v) is 8.44. The molecule has 0 radical (unpaired) electrons. The van der Waals surface area contributed by atoms with Crippen LogP contribution in [0.15, 0.2) is 52.9 Å². The molecule has 0 unspecified atom stereocenters. The van der Waals surface area contributed by atoms with Crippen LogP contribution in [0.2, 0.25) is 0 Å². The molecule has 0 aliphatic carbocycles. The number of nitrogens with one attached hydrogen (secondary N) is 1. The van der Waals surface area contributed by atoms with E-state index in [-0.39, 0.29) is 5.91 Å². The lowest BCUT2D eigenvalue weighted by Crippen LogP contribution is -2.09. The highest BCUT2D eigenvalue weighted by atomic mass is 32.2. The maximum Gasteiger partial charge on any atom is 0.267 e. The molecule has 0 saturated carbocycles. The second kappa shape index (κ2) is 8.03. The minimum atomic E-state index is -0.160. The molecule has 0 fully saturated rings. The van der Waals surface area contributed by atoms with Crippen molar-refractivity contribution >= 4 is 56.4 Å². The maximum atomic E-state index is 12.1. The largest absolute Gasteiger partial charge is 0.497 e. The number of thioether (sulfide) groups is 1. The quantitative estimate of drug-likeness (QED) is 0.461. The van der Waals surface area contributed by atoms with Gasteiger partial charge in [-0.1, -0.05) is 17.4 Å². The monoisotopic (exact) mass is 414 g/mol. The number of benzene rings is 1. The summed E-state index contributed by atoms with van der Waals surface area (Å²) in [5.74, 6) is 1.29. The first-order valence-electron chi connectivity index (χ1n) is 7.96. The van der Waals surface area contributed by atoms with Gasteiger partial charge in [0, 0.05) is 16.5 Å². The van der Waals surface area contributed by atoms with Crippen molar-refractivity contribution < 1.29 is 9.53 Å². The molecule has 0 aliphatic heterocycles. The Bertz CT molecular complexity index is 1080. The molecular weight excluding hydrogens is 400 g/mol. The van der Waals surface area contributed by atoms with Gasteiger partial charge in [0.2, 0.25) is 5.13 Å². The van der Waals surface area contributed by atoms with Crippen molar-refractivity contribution in [3.8, 4) is 5.75 Å². The molecule has 0 bridgehead atoms. The molecule has 4 aromatic rings. The van der Waals surface area contributed by atoms with Crippen LogP contribution in [0, 0.1) is 0 Å². The third kappa shape index (κ3) is 4.10. The van der Waals surface area contributed by atoms with Crippen molar-refractivity contribution in [2.24, 2.45) is 0 Å². The lowest BCUT2D eigenvalue weighted by Gasteiger charge is -2.06.